The van der Waals surface area contributed by atoms with Crippen molar-refractivity contribution < 1.29 is 37.4 Å². The highest BCUT2D eigenvalue weighted by Gasteiger charge is 2.56. The lowest BCUT2D eigenvalue weighted by Crippen LogP contribution is -2.39. The number of imide groups is 1. The second-order valence-corrected chi connectivity index (χ2v) is 10.1. The normalized spacial score (nSPS) is 21.2. The molecule has 2 atom stereocenters. The molecule has 3 rings (SSSR count). The first kappa shape index (κ1) is 22.6. The Morgan fingerprint density at radius 2 is 1.80 bits per heavy atom. The SMILES string of the molecule is CCOP(=O)(OCC)[C@H]1C(=O)N(C(=O)OC(C)(C)C)C[C@@H]1c1ccc2c(c1)OCO2. The van der Waals surface area contributed by atoms with Crippen LogP contribution in [0.1, 0.15) is 46.1 Å². The first-order valence-corrected chi connectivity index (χ1v) is 11.5. The molecule has 10 heteroatoms. The van der Waals surface area contributed by atoms with Gasteiger partial charge in [-0.3, -0.25) is 9.36 Å². The number of nitrogens with zero attached hydrogens (tertiary/aromatic N) is 1. The third-order valence-electron chi connectivity index (χ3n) is 4.68. The van der Waals surface area contributed by atoms with E-state index in [2.05, 4.69) is 0 Å². The van der Waals surface area contributed by atoms with Gasteiger partial charge in [0.2, 0.25) is 12.7 Å². The second-order valence-electron chi connectivity index (χ2n) is 7.97. The first-order valence-electron chi connectivity index (χ1n) is 9.92. The third kappa shape index (κ3) is 4.48. The van der Waals surface area contributed by atoms with Crippen LogP contribution in [0.3, 0.4) is 0 Å². The molecule has 30 heavy (non-hydrogen) atoms. The maximum Gasteiger partial charge on any atom is 0.417 e. The maximum atomic E-state index is 13.6. The predicted molar refractivity (Wildman–Crippen MR) is 108 cm³/mol. The van der Waals surface area contributed by atoms with Crippen LogP contribution in [0.5, 0.6) is 11.5 Å². The highest BCUT2D eigenvalue weighted by Crippen LogP contribution is 2.60. The molecule has 166 valence electrons. The highest BCUT2D eigenvalue weighted by atomic mass is 31.2. The van der Waals surface area contributed by atoms with Crippen molar-refractivity contribution in [1.29, 1.82) is 0 Å². The monoisotopic (exact) mass is 441 g/mol. The van der Waals surface area contributed by atoms with Crippen LogP contribution in [0.25, 0.3) is 0 Å². The number of carbonyl (C=O) groups is 2. The summed E-state index contributed by atoms with van der Waals surface area (Å²) >= 11 is 0. The van der Waals surface area contributed by atoms with Crippen LogP contribution in [-0.2, 0) is 23.1 Å². The van der Waals surface area contributed by atoms with Gasteiger partial charge in [0.15, 0.2) is 11.5 Å². The molecule has 1 aromatic carbocycles. The van der Waals surface area contributed by atoms with Crippen molar-refractivity contribution in [1.82, 2.24) is 4.90 Å². The van der Waals surface area contributed by atoms with Crippen LogP contribution in [0, 0.1) is 0 Å². The molecule has 0 radical (unpaired) electrons. The van der Waals surface area contributed by atoms with E-state index in [-0.39, 0.29) is 26.6 Å². The molecule has 1 aromatic rings. The van der Waals surface area contributed by atoms with Gasteiger partial charge in [-0.05, 0) is 52.3 Å². The van der Waals surface area contributed by atoms with Crippen LogP contribution in [0.4, 0.5) is 4.79 Å². The average Bonchev–Trinajstić information content (AvgIpc) is 3.24. The van der Waals surface area contributed by atoms with Crippen LogP contribution in [-0.4, -0.2) is 54.7 Å². The van der Waals surface area contributed by atoms with Crippen molar-refractivity contribution in [2.24, 2.45) is 0 Å². The number of hydrogen-bond donors (Lipinski definition) is 0. The zero-order chi connectivity index (χ0) is 22.1. The lowest BCUT2D eigenvalue weighted by atomic mass is 9.97. The van der Waals surface area contributed by atoms with Gasteiger partial charge in [0.05, 0.1) is 13.2 Å². The molecular weight excluding hydrogens is 413 g/mol. The van der Waals surface area contributed by atoms with Gasteiger partial charge < -0.3 is 23.3 Å². The molecule has 0 bridgehead atoms. The fraction of sp³-hybridized carbons (Fsp3) is 0.600. The summed E-state index contributed by atoms with van der Waals surface area (Å²) in [5.41, 5.74) is -1.29. The molecule has 0 spiro atoms. The number of amides is 2. The van der Waals surface area contributed by atoms with E-state index in [9.17, 15) is 14.2 Å². The van der Waals surface area contributed by atoms with Crippen LogP contribution in [0.15, 0.2) is 18.2 Å². The van der Waals surface area contributed by atoms with E-state index < -0.39 is 36.8 Å². The summed E-state index contributed by atoms with van der Waals surface area (Å²) < 4.78 is 40.7. The Morgan fingerprint density at radius 1 is 1.17 bits per heavy atom. The van der Waals surface area contributed by atoms with Crippen LogP contribution < -0.4 is 9.47 Å². The number of benzene rings is 1. The van der Waals surface area contributed by atoms with Crippen molar-refractivity contribution >= 4 is 19.6 Å². The van der Waals surface area contributed by atoms with Crippen LogP contribution >= 0.6 is 7.60 Å². The molecule has 1 saturated heterocycles. The Balaban J connectivity index is 2.01. The standard InChI is InChI=1S/C20H28NO8P/c1-6-27-30(24,28-7-2)17-14(13-8-9-15-16(10-13)26-12-25-15)11-21(18(17)22)19(23)29-20(3,4)5/h8-10,14,17H,6-7,11-12H2,1-5H3/t14-,17-/m1/s1. The topological polar surface area (TPSA) is 101 Å². The molecule has 2 aliphatic rings. The largest absolute Gasteiger partial charge is 0.454 e. The maximum absolute atomic E-state index is 13.6. The zero-order valence-corrected chi connectivity index (χ0v) is 18.8. The Labute approximate surface area is 176 Å². The lowest BCUT2D eigenvalue weighted by Gasteiger charge is -2.26. The fourth-order valence-corrected chi connectivity index (χ4v) is 5.78. The summed E-state index contributed by atoms with van der Waals surface area (Å²) in [4.78, 5) is 27.0. The van der Waals surface area contributed by atoms with Gasteiger partial charge in [0.25, 0.3) is 0 Å². The molecule has 0 N–H and O–H groups in total. The summed E-state index contributed by atoms with van der Waals surface area (Å²) in [5.74, 6) is -0.154. The number of likely N-dealkylation sites (tertiary alicyclic amines) is 1. The van der Waals surface area contributed by atoms with E-state index >= 15 is 0 Å². The predicted octanol–water partition coefficient (Wildman–Crippen LogP) is 3.91. The van der Waals surface area contributed by atoms with E-state index in [1.54, 1.807) is 52.8 Å². The Kier molecular flexibility index (Phi) is 6.45. The molecule has 0 unspecified atom stereocenters. The average molecular weight is 441 g/mol. The number of rotatable bonds is 6. The Bertz CT molecular complexity index is 855. The van der Waals surface area contributed by atoms with Crippen molar-refractivity contribution in [3.63, 3.8) is 0 Å². The van der Waals surface area contributed by atoms with Gasteiger partial charge >= 0.3 is 13.7 Å². The molecular formula is C20H28NO8P. The van der Waals surface area contributed by atoms with Crippen LogP contribution in [0.2, 0.25) is 0 Å². The molecule has 0 aromatic heterocycles. The number of hydrogen-bond acceptors (Lipinski definition) is 8. The lowest BCUT2D eigenvalue weighted by molar-refractivity contribution is -0.127. The van der Waals surface area contributed by atoms with Crippen molar-refractivity contribution in [2.75, 3.05) is 26.6 Å². The molecule has 0 saturated carbocycles. The van der Waals surface area contributed by atoms with Crippen molar-refractivity contribution in [3.8, 4) is 11.5 Å². The first-order chi connectivity index (χ1) is 14.1. The quantitative estimate of drug-likeness (QED) is 0.613. The van der Waals surface area contributed by atoms with Crippen molar-refractivity contribution in [3.05, 3.63) is 23.8 Å². The summed E-state index contributed by atoms with van der Waals surface area (Å²) in [7, 11) is -3.86. The Morgan fingerprint density at radius 3 is 2.40 bits per heavy atom. The minimum atomic E-state index is -3.86. The molecule has 2 heterocycles. The smallest absolute Gasteiger partial charge is 0.417 e. The number of ether oxygens (including phenoxy) is 3. The second kappa shape index (κ2) is 8.57. The summed E-state index contributed by atoms with van der Waals surface area (Å²) in [6.45, 7) is 8.77. The third-order valence-corrected chi connectivity index (χ3v) is 7.18. The fourth-order valence-electron chi connectivity index (χ4n) is 3.54. The van der Waals surface area contributed by atoms with E-state index in [1.807, 2.05) is 0 Å². The van der Waals surface area contributed by atoms with Gasteiger partial charge in [0.1, 0.15) is 11.3 Å². The van der Waals surface area contributed by atoms with Crippen molar-refractivity contribution in [2.45, 2.75) is 51.8 Å². The van der Waals surface area contributed by atoms with Gasteiger partial charge in [-0.15, -0.1) is 0 Å². The minimum absolute atomic E-state index is 0.0117. The van der Waals surface area contributed by atoms with E-state index in [0.29, 0.717) is 17.1 Å². The van der Waals surface area contributed by atoms with Gasteiger partial charge in [-0.2, -0.15) is 0 Å². The number of carbonyl (C=O) groups excluding carboxylic acids is 2. The summed E-state index contributed by atoms with van der Waals surface area (Å²) in [5, 5.41) is 0. The minimum Gasteiger partial charge on any atom is -0.454 e. The van der Waals surface area contributed by atoms with E-state index in [0.717, 1.165) is 4.90 Å². The molecule has 0 aliphatic carbocycles. The van der Waals surface area contributed by atoms with Gasteiger partial charge in [0, 0.05) is 12.5 Å². The zero-order valence-electron chi connectivity index (χ0n) is 17.9. The van der Waals surface area contributed by atoms with E-state index in [1.165, 1.54) is 0 Å². The molecule has 2 amide bonds. The van der Waals surface area contributed by atoms with E-state index in [4.69, 9.17) is 23.3 Å². The summed E-state index contributed by atoms with van der Waals surface area (Å²) in [6, 6.07) is 5.22. The number of fused-ring (bicyclic) bond motifs is 1. The van der Waals surface area contributed by atoms with Gasteiger partial charge in [-0.1, -0.05) is 6.07 Å². The molecule has 1 fully saturated rings. The Hall–Kier alpha value is -2.09. The summed E-state index contributed by atoms with van der Waals surface area (Å²) in [6.07, 6.45) is -0.791. The van der Waals surface area contributed by atoms with Gasteiger partial charge in [-0.25, -0.2) is 9.69 Å². The molecule has 9 nitrogen and oxygen atoms in total. The highest BCUT2D eigenvalue weighted by molar-refractivity contribution is 7.55. The molecule has 2 aliphatic heterocycles.